The summed E-state index contributed by atoms with van der Waals surface area (Å²) in [6, 6.07) is 7.35. The average molecular weight is 517 g/mol. The molecule has 2 heterocycles. The summed E-state index contributed by atoms with van der Waals surface area (Å²) in [5.74, 6) is -4.34. The van der Waals surface area contributed by atoms with Crippen molar-refractivity contribution in [3.05, 3.63) is 76.7 Å². The number of hydrogen-bond donors (Lipinski definition) is 2. The monoisotopic (exact) mass is 516 g/mol. The number of carbonyl (C=O) groups excluding carboxylic acids is 1. The van der Waals surface area contributed by atoms with Crippen molar-refractivity contribution < 1.29 is 32.6 Å². The molecule has 2 aliphatic heterocycles. The highest BCUT2D eigenvalue weighted by Crippen LogP contribution is 2.36. The van der Waals surface area contributed by atoms with Crippen LogP contribution in [0.4, 0.5) is 23.7 Å². The van der Waals surface area contributed by atoms with Crippen LogP contribution in [0, 0.1) is 17.5 Å². The van der Waals surface area contributed by atoms with Crippen molar-refractivity contribution in [2.24, 2.45) is 5.10 Å². The van der Waals surface area contributed by atoms with Crippen molar-refractivity contribution in [3.8, 4) is 0 Å². The Morgan fingerprint density at radius 2 is 1.81 bits per heavy atom. The second kappa shape index (κ2) is 11.0. The van der Waals surface area contributed by atoms with E-state index in [-0.39, 0.29) is 11.1 Å². The highest BCUT2D eigenvalue weighted by molar-refractivity contribution is 5.92. The Morgan fingerprint density at radius 3 is 2.46 bits per heavy atom. The smallest absolute Gasteiger partial charge is 0.415 e. The topological polar surface area (TPSA) is 94.5 Å². The Morgan fingerprint density at radius 1 is 1.14 bits per heavy atom. The van der Waals surface area contributed by atoms with Crippen molar-refractivity contribution in [1.82, 2.24) is 10.3 Å². The molecule has 2 fully saturated rings. The molecule has 196 valence electrons. The number of aromatic carboxylic acids is 1. The molecule has 4 rings (SSSR count). The number of halogens is 3. The Hall–Kier alpha value is -3.86. The van der Waals surface area contributed by atoms with Crippen LogP contribution in [0.5, 0.6) is 0 Å². The molecule has 0 atom stereocenters. The third-order valence-electron chi connectivity index (χ3n) is 6.63. The Bertz CT molecular complexity index is 1230. The number of carboxylic acid groups (broad SMARTS) is 1. The average Bonchev–Trinajstić information content (AvgIpc) is 3.20. The van der Waals surface area contributed by atoms with Crippen LogP contribution in [-0.2, 0) is 4.74 Å². The molecule has 0 aliphatic carbocycles. The minimum atomic E-state index is -1.26. The van der Waals surface area contributed by atoms with Crippen LogP contribution < -0.4 is 10.3 Å². The zero-order valence-electron chi connectivity index (χ0n) is 20.2. The number of rotatable bonds is 8. The summed E-state index contributed by atoms with van der Waals surface area (Å²) in [7, 11) is 0. The lowest BCUT2D eigenvalue weighted by molar-refractivity contribution is 0.00289. The normalized spacial score (nSPS) is 18.0. The predicted molar refractivity (Wildman–Crippen MR) is 131 cm³/mol. The van der Waals surface area contributed by atoms with Crippen molar-refractivity contribution in [2.75, 3.05) is 31.1 Å². The fraction of sp³-hybridized carbons (Fsp3) is 0.346. The summed E-state index contributed by atoms with van der Waals surface area (Å²) in [6.45, 7) is 4.46. The van der Waals surface area contributed by atoms with Crippen LogP contribution in [0.15, 0.2) is 53.3 Å². The first-order valence-electron chi connectivity index (χ1n) is 11.9. The van der Waals surface area contributed by atoms with Gasteiger partial charge in [-0.2, -0.15) is 5.10 Å². The second-order valence-corrected chi connectivity index (χ2v) is 9.10. The molecule has 2 N–H and O–H groups in total. The molecule has 0 radical (unpaired) electrons. The number of anilines is 1. The van der Waals surface area contributed by atoms with E-state index >= 15 is 0 Å². The van der Waals surface area contributed by atoms with Crippen LogP contribution in [0.2, 0.25) is 0 Å². The molecular weight excluding hydrogens is 489 g/mol. The molecule has 1 amide bonds. The van der Waals surface area contributed by atoms with E-state index in [2.05, 4.69) is 15.4 Å². The number of nitrogens with one attached hydrogen (secondary N) is 1. The maximum absolute atomic E-state index is 13.7. The first kappa shape index (κ1) is 26.2. The molecule has 2 saturated heterocycles. The molecule has 37 heavy (non-hydrogen) atoms. The van der Waals surface area contributed by atoms with E-state index in [4.69, 9.17) is 9.84 Å². The summed E-state index contributed by atoms with van der Waals surface area (Å²) in [6.07, 6.45) is 4.38. The van der Waals surface area contributed by atoms with Crippen molar-refractivity contribution in [2.45, 2.75) is 31.8 Å². The second-order valence-electron chi connectivity index (χ2n) is 9.10. The number of hydrogen-bond acceptors (Lipinski definition) is 6. The summed E-state index contributed by atoms with van der Waals surface area (Å²) < 4.78 is 45.8. The van der Waals surface area contributed by atoms with Gasteiger partial charge in [0.1, 0.15) is 11.4 Å². The van der Waals surface area contributed by atoms with Gasteiger partial charge in [0, 0.05) is 56.0 Å². The molecule has 0 bridgehead atoms. The molecule has 0 unspecified atom stereocenters. The Labute approximate surface area is 212 Å². The molecule has 11 heteroatoms. The minimum absolute atomic E-state index is 0.149. The fourth-order valence-corrected chi connectivity index (χ4v) is 4.40. The van der Waals surface area contributed by atoms with Gasteiger partial charge >= 0.3 is 12.1 Å². The van der Waals surface area contributed by atoms with Crippen LogP contribution >= 0.6 is 0 Å². The van der Waals surface area contributed by atoms with Gasteiger partial charge in [-0.25, -0.2) is 22.8 Å². The standard InChI is InChI=1S/C26H27F3N4O4/c1-2-17(13-30-31-14-19-11-22(28)23(29)12-21(19)27)15-32-9-7-26(8-10-32)16-33(25(36)37-26)20-5-3-18(4-6-20)24(34)35/h3-6,11-14,30H,2,7-10,15-16H2,1H3,(H,34,35)/b17-13+,31-14+. The maximum atomic E-state index is 13.7. The van der Waals surface area contributed by atoms with E-state index < -0.39 is 35.1 Å². The van der Waals surface area contributed by atoms with Gasteiger partial charge in [-0.1, -0.05) is 6.92 Å². The molecule has 1 spiro atoms. The number of piperidine rings is 1. The lowest BCUT2D eigenvalue weighted by Gasteiger charge is -2.37. The molecule has 0 saturated carbocycles. The third kappa shape index (κ3) is 6.11. The molecular formula is C26H27F3N4O4. The van der Waals surface area contributed by atoms with Crippen LogP contribution in [-0.4, -0.2) is 60.1 Å². The van der Waals surface area contributed by atoms with Crippen LogP contribution in [0.1, 0.15) is 42.1 Å². The van der Waals surface area contributed by atoms with Gasteiger partial charge in [-0.3, -0.25) is 15.2 Å². The highest BCUT2D eigenvalue weighted by Gasteiger charge is 2.47. The number of hydrazone groups is 1. The number of ether oxygens (including phenoxy) is 1. The SMILES string of the molecule is CC/C(=C\N/N=C/c1cc(F)c(F)cc1F)CN1CCC2(CC1)CN(c1ccc(C(=O)O)cc1)C(=O)O2. The van der Waals surface area contributed by atoms with Crippen molar-refractivity contribution in [1.29, 1.82) is 0 Å². The van der Waals surface area contributed by atoms with Gasteiger partial charge < -0.3 is 9.84 Å². The Kier molecular flexibility index (Phi) is 7.82. The van der Waals surface area contributed by atoms with Gasteiger partial charge in [0.05, 0.1) is 18.3 Å². The van der Waals surface area contributed by atoms with E-state index in [9.17, 15) is 22.8 Å². The lowest BCUT2D eigenvalue weighted by atomic mass is 9.91. The molecule has 0 aromatic heterocycles. The van der Waals surface area contributed by atoms with E-state index in [0.29, 0.717) is 50.8 Å². The largest absolute Gasteiger partial charge is 0.478 e. The zero-order valence-corrected chi connectivity index (χ0v) is 20.2. The number of benzene rings is 2. The summed E-state index contributed by atoms with van der Waals surface area (Å²) in [4.78, 5) is 27.4. The zero-order chi connectivity index (χ0) is 26.6. The number of carboxylic acids is 1. The number of nitrogens with zero attached hydrogens (tertiary/aromatic N) is 3. The van der Waals surface area contributed by atoms with Crippen LogP contribution in [0.25, 0.3) is 0 Å². The molecule has 2 aromatic rings. The minimum Gasteiger partial charge on any atom is -0.478 e. The predicted octanol–water partition coefficient (Wildman–Crippen LogP) is 4.51. The summed E-state index contributed by atoms with van der Waals surface area (Å²) in [5, 5.41) is 12.9. The van der Waals surface area contributed by atoms with Gasteiger partial charge in [-0.15, -0.1) is 0 Å². The summed E-state index contributed by atoms with van der Waals surface area (Å²) in [5.41, 5.74) is 3.73. The quantitative estimate of drug-likeness (QED) is 0.305. The van der Waals surface area contributed by atoms with Gasteiger partial charge in [0.25, 0.3) is 0 Å². The van der Waals surface area contributed by atoms with E-state index in [1.54, 1.807) is 18.3 Å². The number of amides is 1. The van der Waals surface area contributed by atoms with E-state index in [1.165, 1.54) is 17.0 Å². The first-order chi connectivity index (χ1) is 17.7. The third-order valence-corrected chi connectivity index (χ3v) is 6.63. The first-order valence-corrected chi connectivity index (χ1v) is 11.9. The fourth-order valence-electron chi connectivity index (χ4n) is 4.40. The van der Waals surface area contributed by atoms with E-state index in [1.807, 2.05) is 6.92 Å². The number of likely N-dealkylation sites (tertiary alicyclic amines) is 1. The van der Waals surface area contributed by atoms with Crippen molar-refractivity contribution in [3.63, 3.8) is 0 Å². The van der Waals surface area contributed by atoms with Gasteiger partial charge in [-0.05, 0) is 42.3 Å². The Balaban J connectivity index is 1.30. The lowest BCUT2D eigenvalue weighted by Crippen LogP contribution is -2.47. The maximum Gasteiger partial charge on any atom is 0.415 e. The molecule has 8 nitrogen and oxygen atoms in total. The van der Waals surface area contributed by atoms with Gasteiger partial charge in [0.2, 0.25) is 0 Å². The van der Waals surface area contributed by atoms with Gasteiger partial charge in [0.15, 0.2) is 11.6 Å². The highest BCUT2D eigenvalue weighted by atomic mass is 19.2. The van der Waals surface area contributed by atoms with E-state index in [0.717, 1.165) is 24.3 Å². The van der Waals surface area contributed by atoms with Crippen molar-refractivity contribution >= 4 is 24.0 Å². The molecule has 2 aromatic carbocycles. The summed E-state index contributed by atoms with van der Waals surface area (Å²) >= 11 is 0. The van der Waals surface area contributed by atoms with Crippen LogP contribution in [0.3, 0.4) is 0 Å². The molecule has 2 aliphatic rings. The number of carbonyl (C=O) groups is 2.